The maximum absolute atomic E-state index is 13.0. The molecular formula is C22H29NO3. The molecule has 2 aromatic carbocycles. The molecular weight excluding hydrogens is 326 g/mol. The van der Waals surface area contributed by atoms with Gasteiger partial charge < -0.3 is 9.47 Å². The van der Waals surface area contributed by atoms with Gasteiger partial charge in [-0.15, -0.1) is 0 Å². The van der Waals surface area contributed by atoms with Crippen LogP contribution in [-0.4, -0.2) is 23.7 Å². The van der Waals surface area contributed by atoms with Crippen LogP contribution in [0.2, 0.25) is 0 Å². The van der Waals surface area contributed by atoms with E-state index in [9.17, 15) is 4.79 Å². The molecule has 0 aliphatic heterocycles. The Labute approximate surface area is 156 Å². The van der Waals surface area contributed by atoms with Gasteiger partial charge in [-0.1, -0.05) is 42.5 Å². The number of amides is 1. The summed E-state index contributed by atoms with van der Waals surface area (Å²) < 4.78 is 10.9. The second-order valence-corrected chi connectivity index (χ2v) is 7.42. The van der Waals surface area contributed by atoms with Crippen LogP contribution < -0.4 is 4.74 Å². The number of benzene rings is 2. The zero-order valence-electron chi connectivity index (χ0n) is 16.5. The van der Waals surface area contributed by atoms with Crippen molar-refractivity contribution in [2.45, 2.75) is 52.3 Å². The van der Waals surface area contributed by atoms with E-state index in [1.165, 1.54) is 0 Å². The summed E-state index contributed by atoms with van der Waals surface area (Å²) in [6, 6.07) is 17.5. The highest BCUT2D eigenvalue weighted by atomic mass is 16.6. The summed E-state index contributed by atoms with van der Waals surface area (Å²) in [5.41, 5.74) is 1.55. The van der Waals surface area contributed by atoms with Crippen molar-refractivity contribution in [3.63, 3.8) is 0 Å². The molecule has 0 fully saturated rings. The molecule has 2 rings (SSSR count). The smallest absolute Gasteiger partial charge is 0.411 e. The summed E-state index contributed by atoms with van der Waals surface area (Å²) in [4.78, 5) is 14.8. The maximum Gasteiger partial charge on any atom is 0.411 e. The van der Waals surface area contributed by atoms with E-state index in [0.29, 0.717) is 0 Å². The van der Waals surface area contributed by atoms with Gasteiger partial charge in [-0.3, -0.25) is 4.90 Å². The van der Waals surface area contributed by atoms with E-state index in [1.807, 2.05) is 89.2 Å². The minimum absolute atomic E-state index is 0.122. The number of nitrogens with zero attached hydrogens (tertiary/aromatic N) is 1. The molecule has 2 aromatic rings. The van der Waals surface area contributed by atoms with Gasteiger partial charge in [0.25, 0.3) is 0 Å². The third kappa shape index (κ3) is 5.01. The van der Waals surface area contributed by atoms with Gasteiger partial charge in [0.05, 0.1) is 19.2 Å². The lowest BCUT2D eigenvalue weighted by molar-refractivity contribution is 0.00786. The second kappa shape index (κ2) is 8.26. The Balaban J connectivity index is 2.36. The summed E-state index contributed by atoms with van der Waals surface area (Å²) >= 11 is 0. The molecule has 0 bridgehead atoms. The Morgan fingerprint density at radius 1 is 0.885 bits per heavy atom. The summed E-state index contributed by atoms with van der Waals surface area (Å²) in [6.45, 7) is 9.70. The van der Waals surface area contributed by atoms with E-state index < -0.39 is 5.60 Å². The lowest BCUT2D eigenvalue weighted by Gasteiger charge is -2.36. The van der Waals surface area contributed by atoms with Gasteiger partial charge in [0.2, 0.25) is 0 Å². The van der Waals surface area contributed by atoms with Crippen molar-refractivity contribution >= 4 is 6.09 Å². The standard InChI is InChI=1S/C22H29NO3/c1-16(18-10-8-7-9-11-18)23(21(24)26-22(3,4)5)17(2)19-12-14-20(25-6)15-13-19/h7-17H,1-6H3/t16-,17+/m1/s1. The summed E-state index contributed by atoms with van der Waals surface area (Å²) in [5.74, 6) is 0.792. The predicted molar refractivity (Wildman–Crippen MR) is 104 cm³/mol. The number of hydrogen-bond acceptors (Lipinski definition) is 3. The Bertz CT molecular complexity index is 704. The number of carbonyl (C=O) groups is 1. The topological polar surface area (TPSA) is 38.8 Å². The van der Waals surface area contributed by atoms with Gasteiger partial charge in [0.15, 0.2) is 0 Å². The molecule has 1 amide bonds. The Hall–Kier alpha value is -2.49. The molecule has 0 N–H and O–H groups in total. The lowest BCUT2D eigenvalue weighted by Crippen LogP contribution is -2.40. The first kappa shape index (κ1) is 19.8. The van der Waals surface area contributed by atoms with Crippen molar-refractivity contribution in [1.82, 2.24) is 4.90 Å². The molecule has 4 nitrogen and oxygen atoms in total. The minimum atomic E-state index is -0.550. The molecule has 0 spiro atoms. The Morgan fingerprint density at radius 3 is 1.85 bits per heavy atom. The maximum atomic E-state index is 13.0. The summed E-state index contributed by atoms with van der Waals surface area (Å²) in [5, 5.41) is 0. The van der Waals surface area contributed by atoms with Gasteiger partial charge in [0.1, 0.15) is 11.4 Å². The van der Waals surface area contributed by atoms with Crippen LogP contribution in [-0.2, 0) is 4.74 Å². The molecule has 0 unspecified atom stereocenters. The normalized spacial score (nSPS) is 13.6. The number of methoxy groups -OCH3 is 1. The molecule has 140 valence electrons. The molecule has 0 radical (unpaired) electrons. The van der Waals surface area contributed by atoms with Crippen LogP contribution in [0.1, 0.15) is 57.8 Å². The van der Waals surface area contributed by atoms with E-state index >= 15 is 0 Å². The molecule has 0 aromatic heterocycles. The van der Waals surface area contributed by atoms with Crippen LogP contribution in [0.15, 0.2) is 54.6 Å². The van der Waals surface area contributed by atoms with Crippen LogP contribution in [0, 0.1) is 0 Å². The highest BCUT2D eigenvalue weighted by molar-refractivity contribution is 5.69. The summed E-state index contributed by atoms with van der Waals surface area (Å²) in [7, 11) is 1.64. The SMILES string of the molecule is COc1ccc([C@H](C)N(C(=O)OC(C)(C)C)[C@H](C)c2ccccc2)cc1. The third-order valence-corrected chi connectivity index (χ3v) is 4.32. The number of hydrogen-bond donors (Lipinski definition) is 0. The molecule has 4 heteroatoms. The molecule has 0 saturated heterocycles. The highest BCUT2D eigenvalue weighted by Gasteiger charge is 2.31. The van der Waals surface area contributed by atoms with Gasteiger partial charge in [-0.25, -0.2) is 4.79 Å². The lowest BCUT2D eigenvalue weighted by atomic mass is 10.0. The fourth-order valence-corrected chi connectivity index (χ4v) is 2.90. The molecule has 0 aliphatic rings. The molecule has 0 saturated carbocycles. The van der Waals surface area contributed by atoms with E-state index in [2.05, 4.69) is 0 Å². The van der Waals surface area contributed by atoms with Crippen molar-refractivity contribution in [2.75, 3.05) is 7.11 Å². The van der Waals surface area contributed by atoms with Gasteiger partial charge in [0, 0.05) is 0 Å². The van der Waals surface area contributed by atoms with E-state index in [-0.39, 0.29) is 18.2 Å². The fraction of sp³-hybridized carbons (Fsp3) is 0.409. The first-order valence-electron chi connectivity index (χ1n) is 8.93. The molecule has 0 heterocycles. The number of carbonyl (C=O) groups excluding carboxylic acids is 1. The number of rotatable bonds is 5. The van der Waals surface area contributed by atoms with Gasteiger partial charge >= 0.3 is 6.09 Å². The second-order valence-electron chi connectivity index (χ2n) is 7.42. The predicted octanol–water partition coefficient (Wildman–Crippen LogP) is 5.75. The first-order valence-corrected chi connectivity index (χ1v) is 8.93. The van der Waals surface area contributed by atoms with Crippen molar-refractivity contribution < 1.29 is 14.3 Å². The largest absolute Gasteiger partial charge is 0.497 e. The van der Waals surface area contributed by atoms with Crippen LogP contribution in [0.4, 0.5) is 4.79 Å². The zero-order chi connectivity index (χ0) is 19.3. The van der Waals surface area contributed by atoms with Crippen molar-refractivity contribution in [3.05, 3.63) is 65.7 Å². The van der Waals surface area contributed by atoms with Gasteiger partial charge in [-0.05, 0) is 57.9 Å². The molecule has 26 heavy (non-hydrogen) atoms. The Morgan fingerprint density at radius 2 is 1.38 bits per heavy atom. The van der Waals surface area contributed by atoms with Gasteiger partial charge in [-0.2, -0.15) is 0 Å². The quantitative estimate of drug-likeness (QED) is 0.685. The zero-order valence-corrected chi connectivity index (χ0v) is 16.5. The van der Waals surface area contributed by atoms with E-state index in [0.717, 1.165) is 16.9 Å². The monoisotopic (exact) mass is 355 g/mol. The number of ether oxygens (including phenoxy) is 2. The van der Waals surface area contributed by atoms with Crippen LogP contribution in [0.5, 0.6) is 5.75 Å². The van der Waals surface area contributed by atoms with Crippen molar-refractivity contribution in [1.29, 1.82) is 0 Å². The van der Waals surface area contributed by atoms with E-state index in [1.54, 1.807) is 12.0 Å². The van der Waals surface area contributed by atoms with Crippen LogP contribution in [0.25, 0.3) is 0 Å². The van der Waals surface area contributed by atoms with E-state index in [4.69, 9.17) is 9.47 Å². The first-order chi connectivity index (χ1) is 12.2. The average molecular weight is 355 g/mol. The minimum Gasteiger partial charge on any atom is -0.497 e. The highest BCUT2D eigenvalue weighted by Crippen LogP contribution is 2.32. The molecule has 0 aliphatic carbocycles. The fourth-order valence-electron chi connectivity index (χ4n) is 2.90. The van der Waals surface area contributed by atoms with Crippen molar-refractivity contribution in [2.24, 2.45) is 0 Å². The Kier molecular flexibility index (Phi) is 6.30. The summed E-state index contributed by atoms with van der Waals surface area (Å²) in [6.07, 6.45) is -0.322. The van der Waals surface area contributed by atoms with Crippen molar-refractivity contribution in [3.8, 4) is 5.75 Å². The average Bonchev–Trinajstić information content (AvgIpc) is 2.61. The molecule has 2 atom stereocenters. The van der Waals surface area contributed by atoms with Crippen LogP contribution in [0.3, 0.4) is 0 Å². The third-order valence-electron chi connectivity index (χ3n) is 4.32. The van der Waals surface area contributed by atoms with Crippen LogP contribution >= 0.6 is 0 Å².